The molecule has 6 rings (SSSR count). The van der Waals surface area contributed by atoms with Gasteiger partial charge in [0.1, 0.15) is 11.9 Å². The molecule has 3 aromatic rings. The van der Waals surface area contributed by atoms with Crippen LogP contribution in [0.15, 0.2) is 88.8 Å². The van der Waals surface area contributed by atoms with Gasteiger partial charge >= 0.3 is 0 Å². The van der Waals surface area contributed by atoms with E-state index in [1.165, 1.54) is 4.90 Å². The first-order valence-electron chi connectivity index (χ1n) is 13.3. The lowest BCUT2D eigenvalue weighted by Gasteiger charge is -2.36. The number of amides is 3. The monoisotopic (exact) mass is 586 g/mol. The summed E-state index contributed by atoms with van der Waals surface area (Å²) in [5.74, 6) is -0.178. The fraction of sp³-hybridized carbons (Fsp3) is 0.233. The van der Waals surface area contributed by atoms with Gasteiger partial charge in [-0.2, -0.15) is 0 Å². The molecule has 1 saturated heterocycles. The van der Waals surface area contributed by atoms with Crippen molar-refractivity contribution in [2.75, 3.05) is 42.1 Å². The van der Waals surface area contributed by atoms with Crippen LogP contribution in [-0.2, 0) is 14.4 Å². The Morgan fingerprint density at radius 1 is 0.951 bits per heavy atom. The Balaban J connectivity index is 1.13. The van der Waals surface area contributed by atoms with Gasteiger partial charge in [-0.25, -0.2) is 9.89 Å². The summed E-state index contributed by atoms with van der Waals surface area (Å²) in [7, 11) is 0. The number of carbonyl (C=O) groups excluding carboxylic acids is 3. The Labute approximate surface area is 246 Å². The Hall–Kier alpha value is -4.15. The minimum absolute atomic E-state index is 0.0143. The van der Waals surface area contributed by atoms with Gasteiger partial charge < -0.3 is 15.1 Å². The third-order valence-electron chi connectivity index (χ3n) is 7.11. The van der Waals surface area contributed by atoms with E-state index in [9.17, 15) is 14.4 Å². The number of nitrogens with one attached hydrogen (secondary N) is 1. The topological polar surface area (TPSA) is 97.7 Å². The number of carbonyl (C=O) groups is 3. The predicted octanol–water partition coefficient (Wildman–Crippen LogP) is 4.41. The first-order valence-corrected chi connectivity index (χ1v) is 14.7. The second-order valence-corrected chi connectivity index (χ2v) is 11.2. The molecule has 0 unspecified atom stereocenters. The van der Waals surface area contributed by atoms with Crippen LogP contribution in [-0.4, -0.2) is 76.5 Å². The number of nitrogens with zero attached hydrogens (tertiary/aromatic N) is 5. The number of para-hydroxylation sites is 2. The van der Waals surface area contributed by atoms with Crippen LogP contribution in [0.2, 0.25) is 5.02 Å². The number of aliphatic imine (C=N–C) groups is 2. The second kappa shape index (κ2) is 11.8. The summed E-state index contributed by atoms with van der Waals surface area (Å²) in [5.41, 5.74) is 3.11. The van der Waals surface area contributed by atoms with E-state index in [0.717, 1.165) is 36.1 Å². The van der Waals surface area contributed by atoms with Crippen molar-refractivity contribution in [3.63, 3.8) is 0 Å². The molecule has 208 valence electrons. The highest BCUT2D eigenvalue weighted by molar-refractivity contribution is 8.14. The molecule has 0 saturated carbocycles. The molecule has 0 aromatic heterocycles. The molecule has 3 amide bonds. The highest BCUT2D eigenvalue weighted by Crippen LogP contribution is 2.34. The average molecular weight is 587 g/mol. The number of hydrogen-bond donors (Lipinski definition) is 1. The molecular formula is C30H27ClN6O3S. The molecule has 0 radical (unpaired) electrons. The van der Waals surface area contributed by atoms with E-state index in [-0.39, 0.29) is 29.9 Å². The Morgan fingerprint density at radius 2 is 1.71 bits per heavy atom. The molecule has 3 aliphatic heterocycles. The summed E-state index contributed by atoms with van der Waals surface area (Å²) >= 11 is 7.17. The van der Waals surface area contributed by atoms with Crippen molar-refractivity contribution in [2.45, 2.75) is 12.5 Å². The Kier molecular flexibility index (Phi) is 7.76. The van der Waals surface area contributed by atoms with Crippen molar-refractivity contribution in [3.8, 4) is 0 Å². The largest absolute Gasteiger partial charge is 0.368 e. The lowest BCUT2D eigenvalue weighted by atomic mass is 10.1. The van der Waals surface area contributed by atoms with E-state index in [4.69, 9.17) is 16.6 Å². The zero-order valence-electron chi connectivity index (χ0n) is 22.1. The van der Waals surface area contributed by atoms with E-state index in [1.807, 2.05) is 47.4 Å². The maximum Gasteiger partial charge on any atom is 0.259 e. The highest BCUT2D eigenvalue weighted by atomic mass is 35.5. The molecule has 41 heavy (non-hydrogen) atoms. The molecule has 0 bridgehead atoms. The van der Waals surface area contributed by atoms with Gasteiger partial charge in [0.05, 0.1) is 17.9 Å². The quantitative estimate of drug-likeness (QED) is 0.461. The lowest BCUT2D eigenvalue weighted by molar-refractivity contribution is -0.135. The molecule has 1 fully saturated rings. The number of fused-ring (bicyclic) bond motifs is 3. The number of amidine groups is 2. The molecular weight excluding hydrogens is 560 g/mol. The van der Waals surface area contributed by atoms with Crippen LogP contribution in [0.4, 0.5) is 17.1 Å². The summed E-state index contributed by atoms with van der Waals surface area (Å²) in [4.78, 5) is 54.4. The summed E-state index contributed by atoms with van der Waals surface area (Å²) in [5, 5.41) is 3.69. The fourth-order valence-corrected chi connectivity index (χ4v) is 6.06. The second-order valence-electron chi connectivity index (χ2n) is 9.81. The van der Waals surface area contributed by atoms with Crippen molar-refractivity contribution in [3.05, 3.63) is 89.4 Å². The van der Waals surface area contributed by atoms with E-state index >= 15 is 0 Å². The summed E-state index contributed by atoms with van der Waals surface area (Å²) in [6.07, 6.45) is -0.0143. The molecule has 1 atom stereocenters. The van der Waals surface area contributed by atoms with Crippen molar-refractivity contribution in [1.82, 2.24) is 9.80 Å². The summed E-state index contributed by atoms with van der Waals surface area (Å²) < 4.78 is 0. The van der Waals surface area contributed by atoms with Crippen LogP contribution in [0.3, 0.4) is 0 Å². The summed E-state index contributed by atoms with van der Waals surface area (Å²) in [6, 6.07) is 23.6. The van der Waals surface area contributed by atoms with Crippen molar-refractivity contribution in [1.29, 1.82) is 0 Å². The van der Waals surface area contributed by atoms with E-state index < -0.39 is 6.04 Å². The van der Waals surface area contributed by atoms with Gasteiger partial charge in [0.15, 0.2) is 5.17 Å². The molecule has 0 aliphatic carbocycles. The standard InChI is InChI=1S/C30H27ClN6O3S/c31-20-7-6-8-21(17-20)32-26(38)19-41-30-34-24-12-5-4-11-23(24)28-33-25(29(40)37(28)30)18-27(39)36-15-13-35(14-16-36)22-9-2-1-3-10-22/h1-12,17,25H,13-16,18-19H2,(H,32,38)/t25-/m0/s1. The normalized spacial score (nSPS) is 17.9. The van der Waals surface area contributed by atoms with Gasteiger partial charge in [-0.3, -0.25) is 19.4 Å². The van der Waals surface area contributed by atoms with Crippen LogP contribution >= 0.6 is 23.4 Å². The van der Waals surface area contributed by atoms with Crippen molar-refractivity contribution < 1.29 is 14.4 Å². The van der Waals surface area contributed by atoms with Crippen LogP contribution in [0.25, 0.3) is 0 Å². The predicted molar refractivity (Wildman–Crippen MR) is 163 cm³/mol. The zero-order chi connectivity index (χ0) is 28.3. The van der Waals surface area contributed by atoms with Gasteiger partial charge in [0, 0.05) is 48.1 Å². The number of piperazine rings is 1. The number of anilines is 2. The van der Waals surface area contributed by atoms with Gasteiger partial charge in [0.25, 0.3) is 5.91 Å². The molecule has 3 aliphatic rings. The fourth-order valence-electron chi connectivity index (χ4n) is 5.07. The molecule has 1 N–H and O–H groups in total. The number of rotatable bonds is 6. The number of halogens is 1. The molecule has 3 heterocycles. The minimum atomic E-state index is -0.845. The Bertz CT molecular complexity index is 1550. The zero-order valence-corrected chi connectivity index (χ0v) is 23.6. The van der Waals surface area contributed by atoms with Crippen LogP contribution in [0.5, 0.6) is 0 Å². The minimum Gasteiger partial charge on any atom is -0.368 e. The molecule has 11 heteroatoms. The highest BCUT2D eigenvalue weighted by Gasteiger charge is 2.42. The third kappa shape index (κ3) is 5.84. The Morgan fingerprint density at radius 3 is 2.49 bits per heavy atom. The number of hydrogen-bond acceptors (Lipinski definition) is 7. The maximum atomic E-state index is 13.6. The lowest BCUT2D eigenvalue weighted by Crippen LogP contribution is -2.49. The van der Waals surface area contributed by atoms with Gasteiger partial charge in [-0.1, -0.05) is 59.8 Å². The van der Waals surface area contributed by atoms with Crippen LogP contribution in [0, 0.1) is 0 Å². The molecule has 9 nitrogen and oxygen atoms in total. The maximum absolute atomic E-state index is 13.6. The van der Waals surface area contributed by atoms with E-state index in [1.54, 1.807) is 24.3 Å². The van der Waals surface area contributed by atoms with Crippen LogP contribution < -0.4 is 10.2 Å². The average Bonchev–Trinajstić information content (AvgIpc) is 3.32. The summed E-state index contributed by atoms with van der Waals surface area (Å²) in [6.45, 7) is 2.63. The van der Waals surface area contributed by atoms with Gasteiger partial charge in [-0.15, -0.1) is 0 Å². The SMILES string of the molecule is O=C(CSC1=Nc2ccccc2C2=N[C@@H](CC(=O)N3CCN(c4ccccc4)CC3)C(=O)N12)Nc1cccc(Cl)c1. The smallest absolute Gasteiger partial charge is 0.259 e. The van der Waals surface area contributed by atoms with Crippen molar-refractivity contribution in [2.24, 2.45) is 9.98 Å². The van der Waals surface area contributed by atoms with Crippen molar-refractivity contribution >= 4 is 69.1 Å². The van der Waals surface area contributed by atoms with Gasteiger partial charge in [0.2, 0.25) is 11.8 Å². The first kappa shape index (κ1) is 27.0. The van der Waals surface area contributed by atoms with Gasteiger partial charge in [-0.05, 0) is 42.5 Å². The molecule has 0 spiro atoms. The number of benzene rings is 3. The van der Waals surface area contributed by atoms with Crippen LogP contribution in [0.1, 0.15) is 12.0 Å². The first-order chi connectivity index (χ1) is 20.0. The number of thioether (sulfide) groups is 1. The molecule has 3 aromatic carbocycles. The third-order valence-corrected chi connectivity index (χ3v) is 8.28. The van der Waals surface area contributed by atoms with E-state index in [0.29, 0.717) is 40.5 Å². The van der Waals surface area contributed by atoms with E-state index in [2.05, 4.69) is 27.3 Å².